The monoisotopic (exact) mass is 291 g/mol. The Morgan fingerprint density at radius 1 is 1.38 bits per heavy atom. The largest absolute Gasteiger partial charge is 0.380 e. The van der Waals surface area contributed by atoms with E-state index >= 15 is 0 Å². The molecule has 2 rings (SSSR count). The summed E-state index contributed by atoms with van der Waals surface area (Å²) in [5.41, 5.74) is 1.17. The zero-order valence-electron chi connectivity index (χ0n) is 12.6. The van der Waals surface area contributed by atoms with Crippen molar-refractivity contribution >= 4 is 17.5 Å². The maximum absolute atomic E-state index is 12.2. The summed E-state index contributed by atoms with van der Waals surface area (Å²) in [5.74, 6) is -0.200. The van der Waals surface area contributed by atoms with Crippen molar-refractivity contribution in [2.24, 2.45) is 0 Å². The number of methoxy groups -OCH3 is 1. The van der Waals surface area contributed by atoms with Gasteiger partial charge in [-0.1, -0.05) is 6.07 Å². The molecule has 1 aromatic carbocycles. The zero-order chi connectivity index (χ0) is 15.4. The van der Waals surface area contributed by atoms with Crippen LogP contribution in [0.15, 0.2) is 24.3 Å². The molecule has 0 radical (unpaired) electrons. The first-order chi connectivity index (χ1) is 10.0. The van der Waals surface area contributed by atoms with Gasteiger partial charge in [-0.05, 0) is 24.6 Å². The molecule has 0 spiro atoms. The van der Waals surface area contributed by atoms with E-state index in [9.17, 15) is 9.59 Å². The fourth-order valence-corrected chi connectivity index (χ4v) is 2.30. The predicted octanol–water partition coefficient (Wildman–Crippen LogP) is 0.704. The summed E-state index contributed by atoms with van der Waals surface area (Å²) in [6.07, 6.45) is 0.723. The standard InChI is InChI=1S/C15H21N3O3/c1-18(2)15(20)10-5-4-6-11(7-10)17-14(19)13-8-12(21-3)9-16-13/h4-7,12-13,16H,8-9H2,1-3H3,(H,17,19). The average Bonchev–Trinajstić information content (AvgIpc) is 2.95. The summed E-state index contributed by atoms with van der Waals surface area (Å²) in [7, 11) is 5.03. The van der Waals surface area contributed by atoms with Crippen LogP contribution in [0.2, 0.25) is 0 Å². The molecular formula is C15H21N3O3. The normalized spacial score (nSPS) is 21.1. The Morgan fingerprint density at radius 2 is 2.14 bits per heavy atom. The first kappa shape index (κ1) is 15.5. The molecular weight excluding hydrogens is 270 g/mol. The van der Waals surface area contributed by atoms with Gasteiger partial charge >= 0.3 is 0 Å². The maximum Gasteiger partial charge on any atom is 0.253 e. The number of carbonyl (C=O) groups excluding carboxylic acids is 2. The van der Waals surface area contributed by atoms with Gasteiger partial charge in [0, 0.05) is 39.0 Å². The van der Waals surface area contributed by atoms with Crippen molar-refractivity contribution < 1.29 is 14.3 Å². The summed E-state index contributed by atoms with van der Waals surface area (Å²) in [4.78, 5) is 25.6. The predicted molar refractivity (Wildman–Crippen MR) is 80.3 cm³/mol. The third-order valence-corrected chi connectivity index (χ3v) is 3.52. The van der Waals surface area contributed by atoms with E-state index in [-0.39, 0.29) is 24.0 Å². The van der Waals surface area contributed by atoms with Crippen LogP contribution in [0.5, 0.6) is 0 Å². The third-order valence-electron chi connectivity index (χ3n) is 3.52. The topological polar surface area (TPSA) is 70.7 Å². The number of carbonyl (C=O) groups is 2. The summed E-state index contributed by atoms with van der Waals surface area (Å²) in [6, 6.07) is 6.68. The summed E-state index contributed by atoms with van der Waals surface area (Å²) in [6.45, 7) is 0.674. The van der Waals surface area contributed by atoms with E-state index in [4.69, 9.17) is 4.74 Å². The van der Waals surface area contributed by atoms with Gasteiger partial charge in [-0.15, -0.1) is 0 Å². The van der Waals surface area contributed by atoms with Gasteiger partial charge in [0.05, 0.1) is 12.1 Å². The van der Waals surface area contributed by atoms with Gasteiger partial charge < -0.3 is 20.3 Å². The van der Waals surface area contributed by atoms with Crippen LogP contribution in [0.25, 0.3) is 0 Å². The lowest BCUT2D eigenvalue weighted by molar-refractivity contribution is -0.118. The van der Waals surface area contributed by atoms with Gasteiger partial charge in [0.25, 0.3) is 5.91 Å². The number of rotatable bonds is 4. The molecule has 0 bridgehead atoms. The fourth-order valence-electron chi connectivity index (χ4n) is 2.30. The number of anilines is 1. The Hall–Kier alpha value is -1.92. The van der Waals surface area contributed by atoms with Crippen LogP contribution in [0.3, 0.4) is 0 Å². The lowest BCUT2D eigenvalue weighted by Gasteiger charge is -2.13. The number of nitrogens with one attached hydrogen (secondary N) is 2. The second-order valence-corrected chi connectivity index (χ2v) is 5.32. The molecule has 1 aliphatic heterocycles. The number of hydrogen-bond acceptors (Lipinski definition) is 4. The van der Waals surface area contributed by atoms with E-state index in [0.717, 1.165) is 0 Å². The van der Waals surface area contributed by atoms with Crippen LogP contribution < -0.4 is 10.6 Å². The molecule has 114 valence electrons. The Balaban J connectivity index is 2.01. The quantitative estimate of drug-likeness (QED) is 0.857. The SMILES string of the molecule is COC1CNC(C(=O)Nc2cccc(C(=O)N(C)C)c2)C1. The minimum atomic E-state index is -0.261. The van der Waals surface area contributed by atoms with Crippen molar-refractivity contribution in [1.29, 1.82) is 0 Å². The summed E-state index contributed by atoms with van der Waals surface area (Å²) in [5, 5.41) is 5.96. The smallest absolute Gasteiger partial charge is 0.253 e. The van der Waals surface area contributed by atoms with Crippen LogP contribution in [0.1, 0.15) is 16.8 Å². The molecule has 2 amide bonds. The van der Waals surface area contributed by atoms with E-state index in [1.807, 2.05) is 0 Å². The Kier molecular flexibility index (Phi) is 4.93. The fraction of sp³-hybridized carbons (Fsp3) is 0.467. The Labute approximate surface area is 124 Å². The van der Waals surface area contributed by atoms with E-state index in [0.29, 0.717) is 24.2 Å². The van der Waals surface area contributed by atoms with Crippen molar-refractivity contribution in [3.63, 3.8) is 0 Å². The molecule has 1 saturated heterocycles. The number of amides is 2. The summed E-state index contributed by atoms with van der Waals surface area (Å²) < 4.78 is 5.23. The van der Waals surface area contributed by atoms with Crippen molar-refractivity contribution in [2.75, 3.05) is 33.1 Å². The highest BCUT2D eigenvalue weighted by Crippen LogP contribution is 2.15. The van der Waals surface area contributed by atoms with Crippen molar-refractivity contribution in [1.82, 2.24) is 10.2 Å². The molecule has 1 fully saturated rings. The second-order valence-electron chi connectivity index (χ2n) is 5.32. The van der Waals surface area contributed by atoms with Gasteiger partial charge in [-0.25, -0.2) is 0 Å². The van der Waals surface area contributed by atoms with E-state index < -0.39 is 0 Å². The molecule has 2 N–H and O–H groups in total. The lowest BCUT2D eigenvalue weighted by Crippen LogP contribution is -2.35. The molecule has 1 aromatic rings. The number of benzene rings is 1. The molecule has 0 saturated carbocycles. The molecule has 6 nitrogen and oxygen atoms in total. The van der Waals surface area contributed by atoms with Crippen LogP contribution in [0, 0.1) is 0 Å². The number of ether oxygens (including phenoxy) is 1. The first-order valence-electron chi connectivity index (χ1n) is 6.90. The van der Waals surface area contributed by atoms with Crippen molar-refractivity contribution in [2.45, 2.75) is 18.6 Å². The van der Waals surface area contributed by atoms with Gasteiger partial charge in [0.1, 0.15) is 0 Å². The maximum atomic E-state index is 12.2. The van der Waals surface area contributed by atoms with Gasteiger partial charge in [0.15, 0.2) is 0 Å². The van der Waals surface area contributed by atoms with Crippen molar-refractivity contribution in [3.05, 3.63) is 29.8 Å². The molecule has 1 heterocycles. The molecule has 21 heavy (non-hydrogen) atoms. The second kappa shape index (κ2) is 6.69. The molecule has 0 aliphatic carbocycles. The molecule has 6 heteroatoms. The van der Waals surface area contributed by atoms with Crippen molar-refractivity contribution in [3.8, 4) is 0 Å². The zero-order valence-corrected chi connectivity index (χ0v) is 12.6. The minimum Gasteiger partial charge on any atom is -0.380 e. The first-order valence-corrected chi connectivity index (χ1v) is 6.90. The summed E-state index contributed by atoms with van der Waals surface area (Å²) >= 11 is 0. The molecule has 2 unspecified atom stereocenters. The van der Waals surface area contributed by atoms with Crippen LogP contribution >= 0.6 is 0 Å². The highest BCUT2D eigenvalue weighted by molar-refractivity contribution is 5.98. The Bertz CT molecular complexity index is 531. The van der Waals surface area contributed by atoms with Gasteiger partial charge in [-0.3, -0.25) is 9.59 Å². The minimum absolute atomic E-state index is 0.0717. The highest BCUT2D eigenvalue weighted by Gasteiger charge is 2.29. The van der Waals surface area contributed by atoms with E-state index in [2.05, 4.69) is 10.6 Å². The molecule has 2 atom stereocenters. The van der Waals surface area contributed by atoms with Crippen LogP contribution in [-0.4, -0.2) is 56.6 Å². The van der Waals surface area contributed by atoms with Gasteiger partial charge in [0.2, 0.25) is 5.91 Å². The third kappa shape index (κ3) is 3.80. The molecule has 0 aromatic heterocycles. The van der Waals surface area contributed by atoms with E-state index in [1.165, 1.54) is 4.90 Å². The van der Waals surface area contributed by atoms with Gasteiger partial charge in [-0.2, -0.15) is 0 Å². The van der Waals surface area contributed by atoms with Crippen LogP contribution in [-0.2, 0) is 9.53 Å². The number of hydrogen-bond donors (Lipinski definition) is 2. The van der Waals surface area contributed by atoms with E-state index in [1.54, 1.807) is 45.5 Å². The molecule has 1 aliphatic rings. The lowest BCUT2D eigenvalue weighted by atomic mass is 10.1. The average molecular weight is 291 g/mol. The Morgan fingerprint density at radius 3 is 2.76 bits per heavy atom. The number of nitrogens with zero attached hydrogens (tertiary/aromatic N) is 1. The highest BCUT2D eigenvalue weighted by atomic mass is 16.5. The van der Waals surface area contributed by atoms with Crippen LogP contribution in [0.4, 0.5) is 5.69 Å².